The Bertz CT molecular complexity index is 754. The fourth-order valence-electron chi connectivity index (χ4n) is 2.45. The summed E-state index contributed by atoms with van der Waals surface area (Å²) in [5, 5.41) is 8.83. The number of carbonyl (C=O) groups is 2. The van der Waals surface area contributed by atoms with E-state index in [-0.39, 0.29) is 17.1 Å². The van der Waals surface area contributed by atoms with Crippen LogP contribution in [0.2, 0.25) is 0 Å². The number of carbonyl (C=O) groups excluding carboxylic acids is 2. The van der Waals surface area contributed by atoms with Crippen molar-refractivity contribution in [3.63, 3.8) is 0 Å². The monoisotopic (exact) mass is 265 g/mol. The van der Waals surface area contributed by atoms with Gasteiger partial charge >= 0.3 is 0 Å². The minimum absolute atomic E-state index is 0.168. The third kappa shape index (κ3) is 1.64. The summed E-state index contributed by atoms with van der Waals surface area (Å²) in [6, 6.07) is 12.1. The molecule has 0 bridgehead atoms. The zero-order valence-corrected chi connectivity index (χ0v) is 10.3. The van der Waals surface area contributed by atoms with Gasteiger partial charge in [-0.05, 0) is 17.7 Å². The van der Waals surface area contributed by atoms with Gasteiger partial charge in [0.1, 0.15) is 17.8 Å². The highest BCUT2D eigenvalue weighted by Gasteiger charge is 2.39. The van der Waals surface area contributed by atoms with Crippen LogP contribution in [0.5, 0.6) is 0 Å². The van der Waals surface area contributed by atoms with Gasteiger partial charge in [0.05, 0.1) is 5.56 Å². The molecule has 2 aromatic carbocycles. The van der Waals surface area contributed by atoms with Crippen molar-refractivity contribution in [1.82, 2.24) is 0 Å². The van der Waals surface area contributed by atoms with Crippen molar-refractivity contribution in [3.8, 4) is 6.07 Å². The Kier molecular flexibility index (Phi) is 2.69. The lowest BCUT2D eigenvalue weighted by atomic mass is 9.93. The first-order valence-corrected chi connectivity index (χ1v) is 6.00. The van der Waals surface area contributed by atoms with Gasteiger partial charge in [0, 0.05) is 11.1 Å². The van der Waals surface area contributed by atoms with Crippen LogP contribution in [-0.2, 0) is 0 Å². The molecule has 96 valence electrons. The Hall–Kier alpha value is -2.80. The molecule has 0 heterocycles. The second kappa shape index (κ2) is 4.39. The molecule has 3 rings (SSSR count). The molecule has 1 aliphatic rings. The highest BCUT2D eigenvalue weighted by molar-refractivity contribution is 6.29. The molecule has 0 aliphatic heterocycles. The Balaban J connectivity index is 2.12. The maximum absolute atomic E-state index is 13.3. The number of fused-ring (bicyclic) bond motifs is 1. The van der Waals surface area contributed by atoms with Gasteiger partial charge in [0.15, 0.2) is 11.6 Å². The smallest absolute Gasteiger partial charge is 0.178 e. The second-order valence-corrected chi connectivity index (χ2v) is 4.56. The minimum atomic E-state index is -0.972. The van der Waals surface area contributed by atoms with Gasteiger partial charge in [-0.1, -0.05) is 30.3 Å². The zero-order chi connectivity index (χ0) is 14.3. The van der Waals surface area contributed by atoms with Gasteiger partial charge < -0.3 is 0 Å². The molecule has 0 fully saturated rings. The first-order valence-electron chi connectivity index (χ1n) is 6.00. The molecule has 0 atom stereocenters. The van der Waals surface area contributed by atoms with Crippen molar-refractivity contribution in [1.29, 1.82) is 5.26 Å². The van der Waals surface area contributed by atoms with E-state index in [2.05, 4.69) is 0 Å². The number of hydrogen-bond donors (Lipinski definition) is 0. The summed E-state index contributed by atoms with van der Waals surface area (Å²) in [6.07, 6.45) is 0. The quantitative estimate of drug-likeness (QED) is 0.745. The molecule has 0 radical (unpaired) electrons. The number of benzene rings is 2. The van der Waals surface area contributed by atoms with Gasteiger partial charge in [-0.3, -0.25) is 9.59 Å². The van der Waals surface area contributed by atoms with Crippen LogP contribution in [0.25, 0.3) is 0 Å². The standard InChI is InChI=1S/C16H8FNO2/c17-13-6-5-9(7-10(13)8-18)14-15(19)11-3-1-2-4-12(11)16(14)20/h1-7,14H. The fourth-order valence-corrected chi connectivity index (χ4v) is 2.45. The van der Waals surface area contributed by atoms with Gasteiger partial charge in [0.25, 0.3) is 0 Å². The molecule has 20 heavy (non-hydrogen) atoms. The second-order valence-electron chi connectivity index (χ2n) is 4.56. The van der Waals surface area contributed by atoms with Crippen molar-refractivity contribution in [2.24, 2.45) is 0 Å². The number of Topliss-reactive ketones (excluding diaryl/α,β-unsaturated/α-hetero) is 2. The van der Waals surface area contributed by atoms with Crippen LogP contribution in [0.15, 0.2) is 42.5 Å². The number of halogens is 1. The largest absolute Gasteiger partial charge is 0.293 e. The molecule has 2 aromatic rings. The molecule has 3 nitrogen and oxygen atoms in total. The third-order valence-electron chi connectivity index (χ3n) is 3.43. The Morgan fingerprint density at radius 2 is 1.60 bits per heavy atom. The van der Waals surface area contributed by atoms with Gasteiger partial charge in [-0.25, -0.2) is 4.39 Å². The highest BCUT2D eigenvalue weighted by atomic mass is 19.1. The van der Waals surface area contributed by atoms with Gasteiger partial charge in [0.2, 0.25) is 0 Å². The molecular formula is C16H8FNO2. The van der Waals surface area contributed by atoms with E-state index in [0.717, 1.165) is 6.07 Å². The van der Waals surface area contributed by atoms with Crippen molar-refractivity contribution < 1.29 is 14.0 Å². The molecule has 0 N–H and O–H groups in total. The molecular weight excluding hydrogens is 257 g/mol. The average Bonchev–Trinajstić information content (AvgIpc) is 2.72. The molecule has 0 amide bonds. The van der Waals surface area contributed by atoms with Crippen molar-refractivity contribution >= 4 is 11.6 Å². The maximum Gasteiger partial charge on any atom is 0.178 e. The average molecular weight is 265 g/mol. The zero-order valence-electron chi connectivity index (χ0n) is 10.3. The summed E-state index contributed by atoms with van der Waals surface area (Å²) in [5.74, 6) is -2.24. The molecule has 0 spiro atoms. The summed E-state index contributed by atoms with van der Waals surface area (Å²) >= 11 is 0. The molecule has 1 aliphatic carbocycles. The molecule has 0 saturated carbocycles. The van der Waals surface area contributed by atoms with Crippen LogP contribution in [0.4, 0.5) is 4.39 Å². The van der Waals surface area contributed by atoms with Crippen LogP contribution in [0.1, 0.15) is 37.8 Å². The number of rotatable bonds is 1. The molecule has 4 heteroatoms. The minimum Gasteiger partial charge on any atom is -0.293 e. The number of ketones is 2. The van der Waals surface area contributed by atoms with Crippen molar-refractivity contribution in [3.05, 3.63) is 70.5 Å². The van der Waals surface area contributed by atoms with Crippen LogP contribution in [0, 0.1) is 17.1 Å². The van der Waals surface area contributed by atoms with E-state index in [0.29, 0.717) is 16.7 Å². The van der Waals surface area contributed by atoms with E-state index in [1.165, 1.54) is 12.1 Å². The lowest BCUT2D eigenvalue weighted by molar-refractivity contribution is 0.0890. The first kappa shape index (κ1) is 12.2. The molecule has 0 saturated heterocycles. The third-order valence-corrected chi connectivity index (χ3v) is 3.43. The lowest BCUT2D eigenvalue weighted by Gasteiger charge is -2.07. The van der Waals surface area contributed by atoms with E-state index in [1.807, 2.05) is 0 Å². The van der Waals surface area contributed by atoms with Gasteiger partial charge in [-0.2, -0.15) is 5.26 Å². The summed E-state index contributed by atoms with van der Waals surface area (Å²) in [4.78, 5) is 24.6. The number of hydrogen-bond acceptors (Lipinski definition) is 3. The predicted molar refractivity (Wildman–Crippen MR) is 69.0 cm³/mol. The number of nitriles is 1. The lowest BCUT2D eigenvalue weighted by Crippen LogP contribution is -2.13. The van der Waals surface area contributed by atoms with Crippen molar-refractivity contribution in [2.45, 2.75) is 5.92 Å². The van der Waals surface area contributed by atoms with Crippen LogP contribution < -0.4 is 0 Å². The Morgan fingerprint density at radius 3 is 2.15 bits per heavy atom. The normalized spacial score (nSPS) is 14.2. The number of nitrogens with zero attached hydrogens (tertiary/aromatic N) is 1. The summed E-state index contributed by atoms with van der Waals surface area (Å²) in [5.41, 5.74) is 0.948. The van der Waals surface area contributed by atoms with E-state index < -0.39 is 11.7 Å². The summed E-state index contributed by atoms with van der Waals surface area (Å²) < 4.78 is 13.3. The summed E-state index contributed by atoms with van der Waals surface area (Å²) in [6.45, 7) is 0. The van der Waals surface area contributed by atoms with Crippen LogP contribution >= 0.6 is 0 Å². The van der Waals surface area contributed by atoms with Crippen LogP contribution in [0.3, 0.4) is 0 Å². The Morgan fingerprint density at radius 1 is 1.00 bits per heavy atom. The molecule has 0 aromatic heterocycles. The van der Waals surface area contributed by atoms with E-state index >= 15 is 0 Å². The first-order chi connectivity index (χ1) is 9.63. The van der Waals surface area contributed by atoms with E-state index in [9.17, 15) is 14.0 Å². The highest BCUT2D eigenvalue weighted by Crippen LogP contribution is 2.34. The maximum atomic E-state index is 13.3. The predicted octanol–water partition coefficient (Wildman–Crippen LogP) is 2.86. The fraction of sp³-hybridized carbons (Fsp3) is 0.0625. The summed E-state index contributed by atoms with van der Waals surface area (Å²) in [7, 11) is 0. The molecule has 0 unspecified atom stereocenters. The topological polar surface area (TPSA) is 57.9 Å². The van der Waals surface area contributed by atoms with E-state index in [1.54, 1.807) is 30.3 Å². The SMILES string of the molecule is N#Cc1cc(C2C(=O)c3ccccc3C2=O)ccc1F. The Labute approximate surface area is 114 Å². The van der Waals surface area contributed by atoms with Gasteiger partial charge in [-0.15, -0.1) is 0 Å². The van der Waals surface area contributed by atoms with Crippen molar-refractivity contribution in [2.75, 3.05) is 0 Å². The van der Waals surface area contributed by atoms with E-state index in [4.69, 9.17) is 5.26 Å². The van der Waals surface area contributed by atoms with Crippen LogP contribution in [-0.4, -0.2) is 11.6 Å².